The number of aromatic nitrogens is 4. The summed E-state index contributed by atoms with van der Waals surface area (Å²) in [5.41, 5.74) is 3.58. The maximum atomic E-state index is 13.6. The first kappa shape index (κ1) is 22.8. The van der Waals surface area contributed by atoms with Crippen LogP contribution in [0.25, 0.3) is 16.7 Å². The van der Waals surface area contributed by atoms with Crippen molar-refractivity contribution < 1.29 is 4.39 Å². The summed E-state index contributed by atoms with van der Waals surface area (Å²) in [5.74, 6) is 1.42. The Morgan fingerprint density at radius 2 is 1.67 bits per heavy atom. The van der Waals surface area contributed by atoms with Gasteiger partial charge in [0.25, 0.3) is 0 Å². The van der Waals surface area contributed by atoms with E-state index in [2.05, 4.69) is 39.4 Å². The van der Waals surface area contributed by atoms with Crippen LogP contribution in [0.3, 0.4) is 0 Å². The van der Waals surface area contributed by atoms with Gasteiger partial charge in [-0.2, -0.15) is 5.10 Å². The van der Waals surface area contributed by atoms with E-state index < -0.39 is 0 Å². The van der Waals surface area contributed by atoms with Crippen LogP contribution >= 0.6 is 11.3 Å². The zero-order valence-corrected chi connectivity index (χ0v) is 21.0. The number of halogens is 1. The Hall–Kier alpha value is -3.62. The van der Waals surface area contributed by atoms with Crippen molar-refractivity contribution in [1.82, 2.24) is 24.6 Å². The second-order valence-corrected chi connectivity index (χ2v) is 10.2. The van der Waals surface area contributed by atoms with Gasteiger partial charge in [-0.25, -0.2) is 19.0 Å². The van der Waals surface area contributed by atoms with Crippen LogP contribution in [0.15, 0.2) is 72.1 Å². The van der Waals surface area contributed by atoms with Crippen LogP contribution in [0.5, 0.6) is 0 Å². The summed E-state index contributed by atoms with van der Waals surface area (Å²) in [5, 5.41) is 7.91. The number of anilines is 1. The Balaban J connectivity index is 1.38. The molecule has 0 saturated carbocycles. The van der Waals surface area contributed by atoms with Gasteiger partial charge in [-0.05, 0) is 48.2 Å². The molecule has 8 heteroatoms. The van der Waals surface area contributed by atoms with Crippen molar-refractivity contribution in [3.05, 3.63) is 99.9 Å². The fourth-order valence-electron chi connectivity index (χ4n) is 4.79. The zero-order valence-electron chi connectivity index (χ0n) is 20.1. The molecule has 0 radical (unpaired) electrons. The number of benzene rings is 2. The molecule has 0 N–H and O–H groups in total. The third-order valence-corrected chi connectivity index (χ3v) is 7.50. The molecule has 0 unspecified atom stereocenters. The molecule has 6 rings (SSSR count). The molecular weight excluding hydrogens is 471 g/mol. The van der Waals surface area contributed by atoms with E-state index in [4.69, 9.17) is 15.1 Å². The summed E-state index contributed by atoms with van der Waals surface area (Å²) in [6.45, 7) is 6.72. The average Bonchev–Trinajstić information content (AvgIpc) is 3.53. The Kier molecular flexibility index (Phi) is 6.21. The van der Waals surface area contributed by atoms with Gasteiger partial charge in [-0.15, -0.1) is 11.3 Å². The molecule has 4 heterocycles. The minimum atomic E-state index is -0.271. The van der Waals surface area contributed by atoms with E-state index in [-0.39, 0.29) is 5.82 Å². The van der Waals surface area contributed by atoms with Gasteiger partial charge >= 0.3 is 0 Å². The van der Waals surface area contributed by atoms with Gasteiger partial charge in [0.05, 0.1) is 16.8 Å². The van der Waals surface area contributed by atoms with E-state index in [1.165, 1.54) is 17.0 Å². The quantitative estimate of drug-likeness (QED) is 0.321. The molecule has 0 aliphatic carbocycles. The van der Waals surface area contributed by atoms with Crippen molar-refractivity contribution in [3.8, 4) is 5.69 Å². The van der Waals surface area contributed by atoms with E-state index in [0.717, 1.165) is 72.3 Å². The van der Waals surface area contributed by atoms with E-state index in [1.54, 1.807) is 12.1 Å². The molecule has 2 aromatic carbocycles. The summed E-state index contributed by atoms with van der Waals surface area (Å²) in [4.78, 5) is 16.3. The number of rotatable bonds is 6. The topological polar surface area (TPSA) is 50.1 Å². The highest BCUT2D eigenvalue weighted by atomic mass is 32.1. The first-order valence-corrected chi connectivity index (χ1v) is 13.1. The van der Waals surface area contributed by atoms with Crippen LogP contribution in [0.2, 0.25) is 0 Å². The fraction of sp³-hybridized carbons (Fsp3) is 0.250. The summed E-state index contributed by atoms with van der Waals surface area (Å²) < 4.78 is 15.4. The van der Waals surface area contributed by atoms with Crippen molar-refractivity contribution in [2.75, 3.05) is 31.1 Å². The van der Waals surface area contributed by atoms with Crippen molar-refractivity contribution in [1.29, 1.82) is 0 Å². The predicted octanol–water partition coefficient (Wildman–Crippen LogP) is 5.24. The third-order valence-electron chi connectivity index (χ3n) is 6.64. The lowest BCUT2D eigenvalue weighted by molar-refractivity contribution is 0.251. The summed E-state index contributed by atoms with van der Waals surface area (Å²) in [6.07, 6.45) is 0.635. The number of fused-ring (bicyclic) bond motifs is 1. The standard InChI is InChI=1S/C28H27FN6S/c1-20-26-27(34-15-13-33(14-16-34)19-24-8-5-17-36-24)30-25(18-21-6-3-2-4-7-21)31-28(26)35(32-20)23-11-9-22(29)10-12-23/h2-12,17H,13-16,18-19H2,1H3. The lowest BCUT2D eigenvalue weighted by atomic mass is 10.1. The molecule has 182 valence electrons. The molecule has 3 aromatic heterocycles. The maximum absolute atomic E-state index is 13.6. The van der Waals surface area contributed by atoms with Crippen LogP contribution < -0.4 is 4.90 Å². The van der Waals surface area contributed by atoms with Crippen LogP contribution in [-0.4, -0.2) is 50.8 Å². The van der Waals surface area contributed by atoms with Crippen molar-refractivity contribution in [3.63, 3.8) is 0 Å². The first-order chi connectivity index (χ1) is 17.6. The van der Waals surface area contributed by atoms with Gasteiger partial charge in [0.15, 0.2) is 5.65 Å². The molecule has 36 heavy (non-hydrogen) atoms. The number of nitrogens with zero attached hydrogens (tertiary/aromatic N) is 6. The van der Waals surface area contributed by atoms with Crippen LogP contribution in [0, 0.1) is 12.7 Å². The summed E-state index contributed by atoms with van der Waals surface area (Å²) >= 11 is 1.81. The molecule has 5 aromatic rings. The summed E-state index contributed by atoms with van der Waals surface area (Å²) in [6, 6.07) is 21.0. The van der Waals surface area contributed by atoms with E-state index in [0.29, 0.717) is 6.42 Å². The normalized spacial score (nSPS) is 14.6. The average molecular weight is 499 g/mol. The molecule has 0 bridgehead atoms. The van der Waals surface area contributed by atoms with E-state index in [9.17, 15) is 4.39 Å². The van der Waals surface area contributed by atoms with Gasteiger partial charge in [-0.3, -0.25) is 4.90 Å². The minimum absolute atomic E-state index is 0.271. The van der Waals surface area contributed by atoms with Gasteiger partial charge in [0.1, 0.15) is 17.5 Å². The molecule has 6 nitrogen and oxygen atoms in total. The largest absolute Gasteiger partial charge is 0.353 e. The zero-order chi connectivity index (χ0) is 24.5. The van der Waals surface area contributed by atoms with Crippen molar-refractivity contribution in [2.45, 2.75) is 19.9 Å². The highest BCUT2D eigenvalue weighted by Gasteiger charge is 2.25. The maximum Gasteiger partial charge on any atom is 0.169 e. The van der Waals surface area contributed by atoms with Crippen LogP contribution in [-0.2, 0) is 13.0 Å². The molecule has 1 fully saturated rings. The molecule has 1 aliphatic rings. The van der Waals surface area contributed by atoms with E-state index >= 15 is 0 Å². The third kappa shape index (κ3) is 4.62. The highest BCUT2D eigenvalue weighted by molar-refractivity contribution is 7.09. The lowest BCUT2D eigenvalue weighted by Crippen LogP contribution is -2.46. The Morgan fingerprint density at radius 1 is 0.889 bits per heavy atom. The lowest BCUT2D eigenvalue weighted by Gasteiger charge is -2.35. The number of hydrogen-bond donors (Lipinski definition) is 0. The number of hydrogen-bond acceptors (Lipinski definition) is 6. The van der Waals surface area contributed by atoms with Crippen LogP contribution in [0.4, 0.5) is 10.2 Å². The molecule has 0 amide bonds. The van der Waals surface area contributed by atoms with Gasteiger partial charge in [0, 0.05) is 44.0 Å². The number of piperazine rings is 1. The Labute approximate surface area is 213 Å². The molecule has 1 saturated heterocycles. The smallest absolute Gasteiger partial charge is 0.169 e. The Morgan fingerprint density at radius 3 is 2.39 bits per heavy atom. The van der Waals surface area contributed by atoms with Crippen molar-refractivity contribution in [2.24, 2.45) is 0 Å². The SMILES string of the molecule is Cc1nn(-c2ccc(F)cc2)c2nc(Cc3ccccc3)nc(N3CCN(Cc4cccs4)CC3)c12. The molecule has 1 aliphatic heterocycles. The number of aryl methyl sites for hydroxylation is 1. The van der Waals surface area contributed by atoms with Gasteiger partial charge < -0.3 is 4.90 Å². The monoisotopic (exact) mass is 498 g/mol. The second-order valence-electron chi connectivity index (χ2n) is 9.14. The minimum Gasteiger partial charge on any atom is -0.353 e. The van der Waals surface area contributed by atoms with Crippen molar-refractivity contribution >= 4 is 28.2 Å². The molecule has 0 spiro atoms. The van der Waals surface area contributed by atoms with Gasteiger partial charge in [0.2, 0.25) is 0 Å². The number of thiophene rings is 1. The first-order valence-electron chi connectivity index (χ1n) is 12.2. The highest BCUT2D eigenvalue weighted by Crippen LogP contribution is 2.30. The molecule has 0 atom stereocenters. The summed E-state index contributed by atoms with van der Waals surface area (Å²) in [7, 11) is 0. The van der Waals surface area contributed by atoms with E-state index in [1.807, 2.05) is 41.1 Å². The molecular formula is C28H27FN6S. The second kappa shape index (κ2) is 9.79. The van der Waals surface area contributed by atoms with Gasteiger partial charge in [-0.1, -0.05) is 36.4 Å². The fourth-order valence-corrected chi connectivity index (χ4v) is 5.54. The predicted molar refractivity (Wildman–Crippen MR) is 142 cm³/mol. The Bertz CT molecular complexity index is 1460. The van der Waals surface area contributed by atoms with Crippen LogP contribution in [0.1, 0.15) is 22.0 Å².